The summed E-state index contributed by atoms with van der Waals surface area (Å²) < 4.78 is 2.65. The van der Waals surface area contributed by atoms with Gasteiger partial charge < -0.3 is 0 Å². The third-order valence-corrected chi connectivity index (χ3v) is 4.57. The molecule has 2 aromatic heterocycles. The van der Waals surface area contributed by atoms with Gasteiger partial charge in [0.1, 0.15) is 0 Å². The number of aromatic nitrogens is 4. The number of benzene rings is 1. The van der Waals surface area contributed by atoms with E-state index in [9.17, 15) is 4.79 Å². The molecule has 0 aliphatic rings. The summed E-state index contributed by atoms with van der Waals surface area (Å²) in [7, 11) is 0. The van der Waals surface area contributed by atoms with E-state index >= 15 is 0 Å². The summed E-state index contributed by atoms with van der Waals surface area (Å²) in [6.45, 7) is 0. The molecule has 0 spiro atoms. The molecule has 0 aliphatic carbocycles. The Labute approximate surface area is 102 Å². The van der Waals surface area contributed by atoms with E-state index in [1.165, 1.54) is 0 Å². The number of hydrogen-bond acceptors (Lipinski definition) is 4. The average molecular weight is 297 g/mol. The van der Waals surface area contributed by atoms with Gasteiger partial charge in [0.05, 0.1) is 0 Å². The number of hydrogen-bond donors (Lipinski definition) is 2. The van der Waals surface area contributed by atoms with E-state index in [-0.39, 0.29) is 20.3 Å². The van der Waals surface area contributed by atoms with Gasteiger partial charge in [-0.1, -0.05) is 0 Å². The third kappa shape index (κ3) is 1.44. The van der Waals surface area contributed by atoms with Crippen LogP contribution in [0, 0.1) is 0 Å². The zero-order valence-corrected chi connectivity index (χ0v) is 10.5. The summed E-state index contributed by atoms with van der Waals surface area (Å²) in [6, 6.07) is 7.58. The van der Waals surface area contributed by atoms with Gasteiger partial charge in [-0.05, 0) is 0 Å². The molecule has 0 fully saturated rings. The van der Waals surface area contributed by atoms with Crippen LogP contribution in [0.15, 0.2) is 34.2 Å². The fourth-order valence-corrected chi connectivity index (χ4v) is 3.54. The van der Waals surface area contributed by atoms with Crippen molar-refractivity contribution in [2.45, 2.75) is 5.16 Å². The normalized spacial score (nSPS) is 11.1. The van der Waals surface area contributed by atoms with Gasteiger partial charge in [0.2, 0.25) is 0 Å². The fourth-order valence-electron chi connectivity index (χ4n) is 1.44. The molecule has 0 radical (unpaired) electrons. The first-order valence-electron chi connectivity index (χ1n) is 4.48. The van der Waals surface area contributed by atoms with Crippen LogP contribution in [0.25, 0.3) is 15.6 Å². The van der Waals surface area contributed by atoms with Crippen molar-refractivity contribution in [1.82, 2.24) is 18.7 Å². The molecule has 0 unspecified atom stereocenters. The second kappa shape index (κ2) is 3.62. The molecule has 0 saturated carbocycles. The molecule has 80 valence electrons. The molecule has 0 amide bonds. The Morgan fingerprint density at radius 3 is 2.88 bits per heavy atom. The van der Waals surface area contributed by atoms with Gasteiger partial charge in [0.15, 0.2) is 0 Å². The molecule has 3 aromatic rings. The molecule has 7 heteroatoms. The Kier molecular flexibility index (Phi) is 2.24. The van der Waals surface area contributed by atoms with Crippen LogP contribution in [0.4, 0.5) is 0 Å². The van der Waals surface area contributed by atoms with Crippen molar-refractivity contribution in [1.29, 1.82) is 0 Å². The van der Waals surface area contributed by atoms with Gasteiger partial charge in [-0.2, -0.15) is 0 Å². The van der Waals surface area contributed by atoms with Crippen LogP contribution in [-0.2, 0) is 0 Å². The second-order valence-corrected chi connectivity index (χ2v) is 5.64. The summed E-state index contributed by atoms with van der Waals surface area (Å²) in [6.07, 6.45) is 0. The van der Waals surface area contributed by atoms with Crippen LogP contribution >= 0.6 is 12.6 Å². The number of nitrogens with one attached hydrogen (secondary N) is 1. The van der Waals surface area contributed by atoms with Crippen molar-refractivity contribution in [3.8, 4) is 5.95 Å². The predicted octanol–water partition coefficient (Wildman–Crippen LogP) is 0.454. The number of nitrogens with zero attached hydrogens (tertiary/aromatic N) is 3. The van der Waals surface area contributed by atoms with E-state index in [1.807, 2.05) is 24.3 Å². The van der Waals surface area contributed by atoms with Crippen LogP contribution in [0.5, 0.6) is 0 Å². The van der Waals surface area contributed by atoms with Crippen molar-refractivity contribution in [3.63, 3.8) is 0 Å². The average Bonchev–Trinajstić information content (AvgIpc) is 2.84. The molecule has 5 nitrogen and oxygen atoms in total. The van der Waals surface area contributed by atoms with Crippen molar-refractivity contribution < 1.29 is 0 Å². The van der Waals surface area contributed by atoms with E-state index in [0.717, 1.165) is 9.65 Å². The quantitative estimate of drug-likeness (QED) is 0.506. The number of H-pyrrole nitrogens is 1. The summed E-state index contributed by atoms with van der Waals surface area (Å²) in [5, 5.41) is 7.71. The molecule has 16 heavy (non-hydrogen) atoms. The van der Waals surface area contributed by atoms with Crippen LogP contribution in [0.2, 0.25) is 0 Å². The maximum atomic E-state index is 12.0. The summed E-state index contributed by atoms with van der Waals surface area (Å²) in [5.41, 5.74) is -0.0390. The molecule has 0 aliphatic heterocycles. The molecular formula is C9H6N4OSSe. The van der Waals surface area contributed by atoms with E-state index in [0.29, 0.717) is 11.1 Å². The minimum atomic E-state index is -0.0872. The van der Waals surface area contributed by atoms with Crippen molar-refractivity contribution in [2.75, 3.05) is 0 Å². The van der Waals surface area contributed by atoms with Crippen LogP contribution in [-0.4, -0.2) is 33.5 Å². The molecule has 1 N–H and O–H groups in total. The Morgan fingerprint density at radius 2 is 2.19 bits per heavy atom. The molecule has 1 aromatic carbocycles. The van der Waals surface area contributed by atoms with Gasteiger partial charge in [0, 0.05) is 0 Å². The van der Waals surface area contributed by atoms with Crippen molar-refractivity contribution >= 4 is 37.0 Å². The van der Waals surface area contributed by atoms with E-state index < -0.39 is 0 Å². The Bertz CT molecular complexity index is 713. The molecule has 3 rings (SSSR count). The third-order valence-electron chi connectivity index (χ3n) is 2.14. The van der Waals surface area contributed by atoms with Gasteiger partial charge in [-0.15, -0.1) is 0 Å². The van der Waals surface area contributed by atoms with Crippen molar-refractivity contribution in [2.24, 2.45) is 0 Å². The van der Waals surface area contributed by atoms with Crippen LogP contribution < -0.4 is 5.56 Å². The summed E-state index contributed by atoms with van der Waals surface area (Å²) in [5.74, 6) is 0.395. The molecule has 0 atom stereocenters. The molecular weight excluding hydrogens is 291 g/mol. The number of aromatic amines is 1. The van der Waals surface area contributed by atoms with Crippen LogP contribution in [0.3, 0.4) is 0 Å². The SMILES string of the molecule is O=c1c2ccccc2[se]n1-c1n[nH]c(S)n1. The topological polar surface area (TPSA) is 63.6 Å². The molecule has 0 saturated heterocycles. The van der Waals surface area contributed by atoms with Gasteiger partial charge in [-0.3, -0.25) is 0 Å². The number of fused-ring (bicyclic) bond motifs is 1. The maximum absolute atomic E-state index is 12.0. The second-order valence-electron chi connectivity index (χ2n) is 3.15. The zero-order valence-electron chi connectivity index (χ0n) is 7.91. The monoisotopic (exact) mass is 298 g/mol. The first-order valence-corrected chi connectivity index (χ1v) is 6.55. The van der Waals surface area contributed by atoms with E-state index in [2.05, 4.69) is 27.8 Å². The van der Waals surface area contributed by atoms with Gasteiger partial charge in [0.25, 0.3) is 0 Å². The summed E-state index contributed by atoms with van der Waals surface area (Å²) >= 11 is 3.94. The molecule has 2 heterocycles. The Hall–Kier alpha value is -1.30. The predicted molar refractivity (Wildman–Crippen MR) is 63.7 cm³/mol. The Balaban J connectivity index is 2.33. The van der Waals surface area contributed by atoms with Gasteiger partial charge >= 0.3 is 101 Å². The van der Waals surface area contributed by atoms with Gasteiger partial charge in [-0.25, -0.2) is 0 Å². The summed E-state index contributed by atoms with van der Waals surface area (Å²) in [4.78, 5) is 16.1. The Morgan fingerprint density at radius 1 is 1.38 bits per heavy atom. The fraction of sp³-hybridized carbons (Fsp3) is 0. The first kappa shape index (κ1) is 9.89. The van der Waals surface area contributed by atoms with Crippen LogP contribution in [0.1, 0.15) is 0 Å². The van der Waals surface area contributed by atoms with Crippen molar-refractivity contribution in [3.05, 3.63) is 34.6 Å². The molecule has 0 bridgehead atoms. The number of rotatable bonds is 1. The van der Waals surface area contributed by atoms with E-state index in [4.69, 9.17) is 0 Å². The standard InChI is InChI=1S/C9H6N4OSSe/c14-7-5-3-1-2-4-6(5)16-13(7)8-10-9(15)12-11-8/h1-4H,(H2,10,11,12,15). The van der Waals surface area contributed by atoms with E-state index in [1.54, 1.807) is 3.56 Å². The zero-order chi connectivity index (χ0) is 11.1. The first-order chi connectivity index (χ1) is 7.75. The number of thiol groups is 1. The minimum absolute atomic E-state index is 0.0390.